The predicted octanol–water partition coefficient (Wildman–Crippen LogP) is 3.88. The van der Waals surface area contributed by atoms with Crippen LogP contribution in [0.1, 0.15) is 56.6 Å². The van der Waals surface area contributed by atoms with E-state index in [1.54, 1.807) is 0 Å². The lowest BCUT2D eigenvalue weighted by Crippen LogP contribution is -2.03. The number of aliphatic hydroxyl groups excluding tert-OH is 1. The van der Waals surface area contributed by atoms with Gasteiger partial charge in [0.25, 0.3) is 0 Å². The number of carboxylic acids is 1. The quantitative estimate of drug-likeness (QED) is 0.705. The van der Waals surface area contributed by atoms with Gasteiger partial charge in [0.1, 0.15) is 17.2 Å². The summed E-state index contributed by atoms with van der Waals surface area (Å²) >= 11 is 1.46. The smallest absolute Gasteiger partial charge is 0.346 e. The molecule has 4 N–H and O–H groups in total. The summed E-state index contributed by atoms with van der Waals surface area (Å²) in [5.41, 5.74) is 10.5. The SMILES string of the molecule is Cc1cc(CN)ccc1OCCO.Cc1sc(C(=O)O)c2c1[C@H]1[C@@H](C2)C1(C)C. The van der Waals surface area contributed by atoms with Gasteiger partial charge in [-0.2, -0.15) is 0 Å². The highest BCUT2D eigenvalue weighted by Gasteiger charge is 2.63. The van der Waals surface area contributed by atoms with E-state index >= 15 is 0 Å². The van der Waals surface area contributed by atoms with E-state index in [1.165, 1.54) is 21.8 Å². The highest BCUT2D eigenvalue weighted by molar-refractivity contribution is 7.14. The van der Waals surface area contributed by atoms with Crippen LogP contribution in [0.4, 0.5) is 0 Å². The molecule has 5 nitrogen and oxygen atoms in total. The normalized spacial score (nSPS) is 20.6. The molecule has 1 heterocycles. The molecule has 1 fully saturated rings. The molecule has 1 aromatic heterocycles. The maximum atomic E-state index is 11.1. The first kappa shape index (κ1) is 20.8. The Balaban J connectivity index is 0.000000163. The molecule has 4 rings (SSSR count). The third kappa shape index (κ3) is 3.69. The first-order valence-electron chi connectivity index (χ1n) is 9.61. The van der Waals surface area contributed by atoms with Gasteiger partial charge < -0.3 is 20.7 Å². The van der Waals surface area contributed by atoms with Gasteiger partial charge >= 0.3 is 5.97 Å². The van der Waals surface area contributed by atoms with Gasteiger partial charge in [-0.25, -0.2) is 4.79 Å². The fourth-order valence-corrected chi connectivity index (χ4v) is 5.53. The Bertz CT molecular complexity index is 887. The Morgan fingerprint density at radius 3 is 2.64 bits per heavy atom. The van der Waals surface area contributed by atoms with Crippen molar-refractivity contribution in [2.24, 2.45) is 17.1 Å². The second-order valence-electron chi connectivity index (χ2n) is 8.17. The number of thiophene rings is 1. The number of hydrogen-bond donors (Lipinski definition) is 3. The summed E-state index contributed by atoms with van der Waals surface area (Å²) in [4.78, 5) is 12.9. The van der Waals surface area contributed by atoms with Crippen molar-refractivity contribution in [1.29, 1.82) is 0 Å². The minimum Gasteiger partial charge on any atom is -0.491 e. The summed E-state index contributed by atoms with van der Waals surface area (Å²) in [5, 5.41) is 17.7. The second-order valence-corrected chi connectivity index (χ2v) is 9.40. The molecule has 28 heavy (non-hydrogen) atoms. The molecule has 2 aromatic rings. The molecule has 6 heteroatoms. The summed E-state index contributed by atoms with van der Waals surface area (Å²) < 4.78 is 5.29. The zero-order valence-corrected chi connectivity index (χ0v) is 17.7. The van der Waals surface area contributed by atoms with Crippen molar-refractivity contribution in [2.45, 2.75) is 46.6 Å². The van der Waals surface area contributed by atoms with Gasteiger partial charge in [0.2, 0.25) is 0 Å². The van der Waals surface area contributed by atoms with Crippen LogP contribution in [0.15, 0.2) is 18.2 Å². The van der Waals surface area contributed by atoms with Crippen molar-refractivity contribution in [3.05, 3.63) is 50.2 Å². The number of aliphatic hydroxyl groups is 1. The van der Waals surface area contributed by atoms with Gasteiger partial charge in [0.05, 0.1) is 6.61 Å². The zero-order valence-electron chi connectivity index (χ0n) is 16.9. The van der Waals surface area contributed by atoms with Gasteiger partial charge in [-0.1, -0.05) is 26.0 Å². The van der Waals surface area contributed by atoms with E-state index in [0.717, 1.165) is 28.9 Å². The standard InChI is InChI=1S/C12H14O2S.C10H15NO2/c1-5-8-6(10(15-5)11(13)14)4-7-9(8)12(7,2)3;1-8-6-9(7-11)2-3-10(8)13-5-4-12/h7,9H,4H2,1-3H3,(H,13,14);2-3,6,12H,4-5,7,11H2,1H3/t7-,9-;/m1./s1. The molecule has 2 aliphatic rings. The number of fused-ring (bicyclic) bond motifs is 3. The Kier molecular flexibility index (Phi) is 5.84. The molecule has 0 bridgehead atoms. The molecular weight excluding hydrogens is 374 g/mol. The van der Waals surface area contributed by atoms with E-state index in [-0.39, 0.29) is 6.61 Å². The van der Waals surface area contributed by atoms with Crippen LogP contribution in [0.25, 0.3) is 0 Å². The third-order valence-corrected chi connectivity index (χ3v) is 7.19. The molecule has 152 valence electrons. The first-order chi connectivity index (χ1) is 13.2. The van der Waals surface area contributed by atoms with Crippen molar-refractivity contribution in [2.75, 3.05) is 13.2 Å². The number of ether oxygens (including phenoxy) is 1. The number of nitrogens with two attached hydrogens (primary N) is 1. The summed E-state index contributed by atoms with van der Waals surface area (Å²) in [6, 6.07) is 5.81. The predicted molar refractivity (Wildman–Crippen MR) is 111 cm³/mol. The van der Waals surface area contributed by atoms with E-state index in [9.17, 15) is 4.79 Å². The van der Waals surface area contributed by atoms with Crippen LogP contribution in [-0.4, -0.2) is 29.4 Å². The maximum Gasteiger partial charge on any atom is 0.346 e. The van der Waals surface area contributed by atoms with Crippen LogP contribution in [0.5, 0.6) is 5.75 Å². The van der Waals surface area contributed by atoms with Gasteiger partial charge in [0, 0.05) is 11.4 Å². The molecule has 2 atom stereocenters. The monoisotopic (exact) mass is 403 g/mol. The van der Waals surface area contributed by atoms with Crippen molar-refractivity contribution in [3.63, 3.8) is 0 Å². The highest BCUT2D eigenvalue weighted by atomic mass is 32.1. The van der Waals surface area contributed by atoms with Gasteiger partial charge in [-0.3, -0.25) is 0 Å². The van der Waals surface area contributed by atoms with Crippen molar-refractivity contribution >= 4 is 17.3 Å². The molecule has 1 saturated carbocycles. The summed E-state index contributed by atoms with van der Waals surface area (Å²) in [5.74, 6) is 1.40. The first-order valence-corrected chi connectivity index (χ1v) is 10.4. The van der Waals surface area contributed by atoms with E-state index < -0.39 is 5.97 Å². The molecule has 0 aliphatic heterocycles. The molecule has 0 amide bonds. The number of benzene rings is 1. The van der Waals surface area contributed by atoms with Crippen molar-refractivity contribution < 1.29 is 19.7 Å². The molecule has 0 radical (unpaired) electrons. The lowest BCUT2D eigenvalue weighted by atomic mass is 9.95. The van der Waals surface area contributed by atoms with E-state index in [1.807, 2.05) is 25.1 Å². The number of carboxylic acid groups (broad SMARTS) is 1. The van der Waals surface area contributed by atoms with E-state index in [2.05, 4.69) is 20.8 Å². The minimum atomic E-state index is -0.747. The number of aryl methyl sites for hydroxylation is 2. The Morgan fingerprint density at radius 1 is 1.36 bits per heavy atom. The molecular formula is C22H29NO4S. The lowest BCUT2D eigenvalue weighted by Gasteiger charge is -2.08. The van der Waals surface area contributed by atoms with Gasteiger partial charge in [0.15, 0.2) is 0 Å². The van der Waals surface area contributed by atoms with Gasteiger partial charge in [-0.05, 0) is 65.8 Å². The Hall–Kier alpha value is -1.89. The molecule has 0 spiro atoms. The topological polar surface area (TPSA) is 92.8 Å². The fraction of sp³-hybridized carbons (Fsp3) is 0.500. The van der Waals surface area contributed by atoms with Crippen LogP contribution in [-0.2, 0) is 13.0 Å². The Morgan fingerprint density at radius 2 is 2.07 bits per heavy atom. The number of rotatable bonds is 5. The molecule has 0 saturated heterocycles. The average molecular weight is 404 g/mol. The maximum absolute atomic E-state index is 11.1. The lowest BCUT2D eigenvalue weighted by molar-refractivity contribution is 0.0701. The molecule has 2 aliphatic carbocycles. The second kappa shape index (κ2) is 7.85. The van der Waals surface area contributed by atoms with Crippen LogP contribution >= 0.6 is 11.3 Å². The Labute approximate surface area is 170 Å². The summed E-state index contributed by atoms with van der Waals surface area (Å²) in [7, 11) is 0. The molecule has 1 aromatic carbocycles. The minimum absolute atomic E-state index is 0.0398. The summed E-state index contributed by atoms with van der Waals surface area (Å²) in [6.07, 6.45) is 0.985. The zero-order chi connectivity index (χ0) is 20.6. The van der Waals surface area contributed by atoms with Crippen LogP contribution in [0.3, 0.4) is 0 Å². The van der Waals surface area contributed by atoms with Crippen LogP contribution in [0, 0.1) is 25.2 Å². The fourth-order valence-electron chi connectivity index (χ4n) is 4.46. The van der Waals surface area contributed by atoms with Crippen LogP contribution < -0.4 is 10.5 Å². The molecule has 0 unspecified atom stereocenters. The average Bonchev–Trinajstić information content (AvgIpc) is 2.97. The highest BCUT2D eigenvalue weighted by Crippen LogP contribution is 2.71. The van der Waals surface area contributed by atoms with E-state index in [0.29, 0.717) is 35.3 Å². The largest absolute Gasteiger partial charge is 0.491 e. The number of carbonyl (C=O) groups is 1. The van der Waals surface area contributed by atoms with Crippen molar-refractivity contribution in [1.82, 2.24) is 0 Å². The number of hydrogen-bond acceptors (Lipinski definition) is 5. The van der Waals surface area contributed by atoms with E-state index in [4.69, 9.17) is 20.7 Å². The third-order valence-electron chi connectivity index (χ3n) is 6.04. The summed E-state index contributed by atoms with van der Waals surface area (Å²) in [6.45, 7) is 9.53. The van der Waals surface area contributed by atoms with Crippen LogP contribution in [0.2, 0.25) is 0 Å². The van der Waals surface area contributed by atoms with Gasteiger partial charge in [-0.15, -0.1) is 11.3 Å². The number of aromatic carboxylic acids is 1. The van der Waals surface area contributed by atoms with Crippen molar-refractivity contribution in [3.8, 4) is 5.75 Å².